The Bertz CT molecular complexity index is 1110. The third kappa shape index (κ3) is 4.72. The predicted molar refractivity (Wildman–Crippen MR) is 127 cm³/mol. The lowest BCUT2D eigenvalue weighted by atomic mass is 10.0. The first-order valence-corrected chi connectivity index (χ1v) is 12.1. The molecule has 0 spiro atoms. The van der Waals surface area contributed by atoms with Crippen LogP contribution in [0.15, 0.2) is 36.4 Å². The average molecular weight is 521 g/mol. The molecule has 8 atom stereocenters. The van der Waals surface area contributed by atoms with Crippen molar-refractivity contribution in [2.24, 2.45) is 0 Å². The van der Waals surface area contributed by atoms with Gasteiger partial charge in [-0.15, -0.1) is 0 Å². The normalized spacial score (nSPS) is 30.9. The fraction of sp³-hybridized carbons (Fsp3) is 0.538. The van der Waals surface area contributed by atoms with Crippen LogP contribution in [0, 0.1) is 0 Å². The third-order valence-electron chi connectivity index (χ3n) is 7.07. The Kier molecular flexibility index (Phi) is 7.20. The van der Waals surface area contributed by atoms with Crippen LogP contribution in [-0.2, 0) is 15.9 Å². The molecule has 11 nitrogen and oxygen atoms in total. The van der Waals surface area contributed by atoms with E-state index in [-0.39, 0.29) is 12.4 Å². The number of epoxide rings is 1. The zero-order chi connectivity index (χ0) is 26.3. The van der Waals surface area contributed by atoms with E-state index in [2.05, 4.69) is 0 Å². The first-order chi connectivity index (χ1) is 17.8. The topological polar surface area (TPSA) is 160 Å². The second-order valence-corrected chi connectivity index (χ2v) is 9.40. The number of fused-ring (bicyclic) bond motifs is 2. The van der Waals surface area contributed by atoms with Crippen molar-refractivity contribution in [1.29, 1.82) is 0 Å². The van der Waals surface area contributed by atoms with Gasteiger partial charge in [-0.1, -0.05) is 12.1 Å². The first-order valence-electron chi connectivity index (χ1n) is 12.1. The summed E-state index contributed by atoms with van der Waals surface area (Å²) in [7, 11) is 2.93. The summed E-state index contributed by atoms with van der Waals surface area (Å²) in [5.41, 5.74) is -0.203. The van der Waals surface area contributed by atoms with Gasteiger partial charge in [0.05, 0.1) is 20.8 Å². The molecule has 3 aliphatic rings. The second kappa shape index (κ2) is 10.3. The summed E-state index contributed by atoms with van der Waals surface area (Å²) >= 11 is 0. The number of aryl methyl sites for hydroxylation is 1. The van der Waals surface area contributed by atoms with Crippen molar-refractivity contribution >= 4 is 0 Å². The van der Waals surface area contributed by atoms with Crippen LogP contribution in [0.4, 0.5) is 0 Å². The number of aliphatic hydroxyl groups excluding tert-OH is 4. The van der Waals surface area contributed by atoms with Crippen LogP contribution in [0.25, 0.3) is 0 Å². The zero-order valence-electron chi connectivity index (χ0n) is 20.5. The summed E-state index contributed by atoms with van der Waals surface area (Å²) < 4.78 is 33.4. The van der Waals surface area contributed by atoms with Crippen LogP contribution < -0.4 is 18.9 Å². The molecule has 0 bridgehead atoms. The summed E-state index contributed by atoms with van der Waals surface area (Å²) in [4.78, 5) is 0. The Morgan fingerprint density at radius 2 is 1.70 bits per heavy atom. The molecule has 2 aromatic carbocycles. The van der Waals surface area contributed by atoms with E-state index in [9.17, 15) is 20.4 Å². The van der Waals surface area contributed by atoms with E-state index < -0.39 is 55.1 Å². The molecular weight excluding hydrogens is 488 g/mol. The van der Waals surface area contributed by atoms with Gasteiger partial charge in [-0.2, -0.15) is 0 Å². The van der Waals surface area contributed by atoms with Crippen LogP contribution in [0.5, 0.6) is 23.0 Å². The molecule has 11 heteroatoms. The molecule has 1 aliphatic carbocycles. The Morgan fingerprint density at radius 1 is 0.973 bits per heavy atom. The second-order valence-electron chi connectivity index (χ2n) is 9.40. The highest BCUT2D eigenvalue weighted by atomic mass is 16.8. The Morgan fingerprint density at radius 3 is 2.41 bits per heavy atom. The van der Waals surface area contributed by atoms with Crippen molar-refractivity contribution in [2.45, 2.75) is 61.4 Å². The van der Waals surface area contributed by atoms with Gasteiger partial charge < -0.3 is 54.0 Å². The highest BCUT2D eigenvalue weighted by Gasteiger charge is 2.81. The van der Waals surface area contributed by atoms with E-state index in [1.165, 1.54) is 14.2 Å². The molecular formula is C26H32O11. The molecule has 5 rings (SSSR count). The van der Waals surface area contributed by atoms with Crippen LogP contribution in [0.1, 0.15) is 23.7 Å². The monoisotopic (exact) mass is 520 g/mol. The Hall–Kier alpha value is -2.64. The van der Waals surface area contributed by atoms with Crippen molar-refractivity contribution < 1.29 is 54.0 Å². The molecule has 2 heterocycles. The molecule has 37 heavy (non-hydrogen) atoms. The lowest BCUT2D eigenvalue weighted by Crippen LogP contribution is -2.43. The lowest BCUT2D eigenvalue weighted by molar-refractivity contribution is -0.0845. The molecule has 2 aliphatic heterocycles. The van der Waals surface area contributed by atoms with Gasteiger partial charge >= 0.3 is 0 Å². The van der Waals surface area contributed by atoms with Gasteiger partial charge in [-0.3, -0.25) is 0 Å². The highest BCUT2D eigenvalue weighted by Crippen LogP contribution is 2.55. The summed E-state index contributed by atoms with van der Waals surface area (Å²) in [5, 5.41) is 51.1. The van der Waals surface area contributed by atoms with Crippen molar-refractivity contribution in [3.8, 4) is 23.0 Å². The van der Waals surface area contributed by atoms with Gasteiger partial charge in [0.15, 0.2) is 47.1 Å². The smallest absolute Gasteiger partial charge is 0.187 e. The number of rotatable bonds is 12. The third-order valence-corrected chi connectivity index (χ3v) is 7.07. The summed E-state index contributed by atoms with van der Waals surface area (Å²) in [5.74, 6) is 1.37. The Labute approximate surface area is 213 Å². The molecule has 1 saturated carbocycles. The van der Waals surface area contributed by atoms with Crippen LogP contribution in [0.3, 0.4) is 0 Å². The first kappa shape index (κ1) is 26.0. The molecule has 5 N–H and O–H groups in total. The quantitative estimate of drug-likeness (QED) is 0.241. The molecule has 202 valence electrons. The number of hydrogen-bond acceptors (Lipinski definition) is 11. The maximum absolute atomic E-state index is 11.0. The number of aliphatic hydroxyl groups is 5. The molecule has 2 aromatic rings. The molecule has 0 radical (unpaired) electrons. The van der Waals surface area contributed by atoms with E-state index >= 15 is 0 Å². The van der Waals surface area contributed by atoms with Crippen LogP contribution in [0.2, 0.25) is 0 Å². The number of methoxy groups -OCH3 is 2. The van der Waals surface area contributed by atoms with Crippen LogP contribution >= 0.6 is 0 Å². The van der Waals surface area contributed by atoms with Gasteiger partial charge in [-0.25, -0.2) is 0 Å². The predicted octanol–water partition coefficient (Wildman–Crippen LogP) is 0.0787. The van der Waals surface area contributed by atoms with Gasteiger partial charge in [0.2, 0.25) is 0 Å². The molecule has 2 saturated heterocycles. The summed E-state index contributed by atoms with van der Waals surface area (Å²) in [6.07, 6.45) is -4.68. The fourth-order valence-corrected chi connectivity index (χ4v) is 4.78. The van der Waals surface area contributed by atoms with Gasteiger partial charge in [0, 0.05) is 6.61 Å². The standard InChI is InChI=1S/C26H32O11/c1-32-17-10-13(4-3-9-27)5-7-15(17)34-19(12-28)20(29)14-6-8-16(18(11-14)33-2)35-23-24-26(23,31)22(30)21-25(36-21)37-24/h5-8,10-11,19-25,27-31H,3-4,9,12H2,1-2H3. The van der Waals surface area contributed by atoms with E-state index in [0.29, 0.717) is 35.7 Å². The van der Waals surface area contributed by atoms with Gasteiger partial charge in [0.25, 0.3) is 0 Å². The summed E-state index contributed by atoms with van der Waals surface area (Å²) in [6, 6.07) is 10.0. The average Bonchev–Trinajstić information content (AvgIpc) is 3.82. The van der Waals surface area contributed by atoms with Crippen molar-refractivity contribution in [2.75, 3.05) is 27.4 Å². The number of benzene rings is 2. The van der Waals surface area contributed by atoms with Crippen LogP contribution in [-0.4, -0.2) is 95.4 Å². The van der Waals surface area contributed by atoms with Crippen molar-refractivity contribution in [3.05, 3.63) is 47.5 Å². The highest BCUT2D eigenvalue weighted by molar-refractivity contribution is 5.46. The largest absolute Gasteiger partial charge is 0.493 e. The Balaban J connectivity index is 1.28. The van der Waals surface area contributed by atoms with E-state index in [4.69, 9.17) is 33.5 Å². The number of hydrogen-bond donors (Lipinski definition) is 5. The van der Waals surface area contributed by atoms with E-state index in [1.54, 1.807) is 30.3 Å². The summed E-state index contributed by atoms with van der Waals surface area (Å²) in [6.45, 7) is -0.395. The maximum atomic E-state index is 11.0. The number of ether oxygens (including phenoxy) is 6. The minimum absolute atomic E-state index is 0.0837. The molecule has 3 fully saturated rings. The SMILES string of the molecule is COc1cc(CCCO)ccc1OC(CO)C(O)c1ccc(OC2C3OC4OC4C(O)C23O)c(OC)c1. The molecule has 8 unspecified atom stereocenters. The maximum Gasteiger partial charge on any atom is 0.187 e. The van der Waals surface area contributed by atoms with Crippen molar-refractivity contribution in [3.63, 3.8) is 0 Å². The van der Waals surface area contributed by atoms with Crippen molar-refractivity contribution in [1.82, 2.24) is 0 Å². The lowest BCUT2D eigenvalue weighted by Gasteiger charge is -2.24. The van der Waals surface area contributed by atoms with E-state index in [0.717, 1.165) is 5.56 Å². The molecule has 0 aromatic heterocycles. The van der Waals surface area contributed by atoms with E-state index in [1.807, 2.05) is 6.07 Å². The minimum atomic E-state index is -1.57. The molecule has 0 amide bonds. The zero-order valence-corrected chi connectivity index (χ0v) is 20.5. The van der Waals surface area contributed by atoms with Gasteiger partial charge in [0.1, 0.15) is 24.4 Å². The van der Waals surface area contributed by atoms with Gasteiger partial charge in [-0.05, 0) is 48.2 Å². The minimum Gasteiger partial charge on any atom is -0.493 e. The fourth-order valence-electron chi connectivity index (χ4n) is 4.78.